The number of aryl methyl sites for hydroxylation is 2. The summed E-state index contributed by atoms with van der Waals surface area (Å²) in [5.41, 5.74) is 1.21. The Morgan fingerprint density at radius 3 is 2.29 bits per heavy atom. The second-order valence-electron chi connectivity index (χ2n) is 3.13. The van der Waals surface area contributed by atoms with Gasteiger partial charge in [-0.05, 0) is 24.9 Å². The third kappa shape index (κ3) is 1.91. The summed E-state index contributed by atoms with van der Waals surface area (Å²) in [6, 6.07) is 2.75. The fraction of sp³-hybridized carbons (Fsp3) is 0.250. The topological polar surface area (TPSA) is 83.6 Å². The third-order valence-electron chi connectivity index (χ3n) is 2.06. The molecular weight excluding hydrogens is 185 g/mol. The molecule has 14 heavy (non-hydrogen) atoms. The zero-order chi connectivity index (χ0) is 10.9. The minimum atomic E-state index is -1.59. The van der Waals surface area contributed by atoms with Crippen LogP contribution in [0.1, 0.15) is 11.1 Å². The van der Waals surface area contributed by atoms with Crippen LogP contribution in [0.15, 0.2) is 12.1 Å². The van der Waals surface area contributed by atoms with E-state index in [2.05, 4.69) is 0 Å². The van der Waals surface area contributed by atoms with Crippen LogP contribution in [0.3, 0.4) is 0 Å². The van der Waals surface area contributed by atoms with Crippen molar-refractivity contribution in [2.45, 2.75) is 13.8 Å². The first-order valence-electron chi connectivity index (χ1n) is 4.05. The highest BCUT2D eigenvalue weighted by atomic mass is 16.6. The average molecular weight is 195 g/mol. The number of nitrogens with zero attached hydrogens (tertiary/aromatic N) is 1. The van der Waals surface area contributed by atoms with Crippen molar-refractivity contribution in [2.24, 2.45) is 0 Å². The quantitative estimate of drug-likeness (QED) is 0.391. The molecule has 0 amide bonds. The van der Waals surface area contributed by atoms with Gasteiger partial charge < -0.3 is 10.0 Å². The number of rotatable bonds is 2. The Morgan fingerprint density at radius 1 is 1.29 bits per heavy atom. The molecule has 0 unspecified atom stereocenters. The van der Waals surface area contributed by atoms with E-state index in [1.165, 1.54) is 12.1 Å². The van der Waals surface area contributed by atoms with Gasteiger partial charge in [0.15, 0.2) is 0 Å². The molecule has 0 bridgehead atoms. The molecule has 0 atom stereocenters. The van der Waals surface area contributed by atoms with E-state index in [1.54, 1.807) is 13.8 Å². The van der Waals surface area contributed by atoms with Crippen molar-refractivity contribution in [3.8, 4) is 0 Å². The highest BCUT2D eigenvalue weighted by molar-refractivity contribution is 6.59. The lowest BCUT2D eigenvalue weighted by atomic mass is 9.76. The highest BCUT2D eigenvalue weighted by Gasteiger charge is 2.19. The van der Waals surface area contributed by atoms with Gasteiger partial charge in [-0.3, -0.25) is 10.1 Å². The van der Waals surface area contributed by atoms with Gasteiger partial charge in [0, 0.05) is 11.6 Å². The fourth-order valence-electron chi connectivity index (χ4n) is 1.30. The van der Waals surface area contributed by atoms with E-state index in [-0.39, 0.29) is 5.69 Å². The number of benzene rings is 1. The summed E-state index contributed by atoms with van der Waals surface area (Å²) in [4.78, 5) is 10.0. The normalized spacial score (nSPS) is 10.0. The van der Waals surface area contributed by atoms with Gasteiger partial charge >= 0.3 is 7.12 Å². The molecule has 0 spiro atoms. The van der Waals surface area contributed by atoms with Crippen LogP contribution < -0.4 is 5.46 Å². The lowest BCUT2D eigenvalue weighted by Gasteiger charge is -2.06. The second-order valence-corrected chi connectivity index (χ2v) is 3.13. The molecule has 74 valence electrons. The fourth-order valence-corrected chi connectivity index (χ4v) is 1.30. The van der Waals surface area contributed by atoms with Crippen molar-refractivity contribution in [1.29, 1.82) is 0 Å². The van der Waals surface area contributed by atoms with Crippen molar-refractivity contribution >= 4 is 18.3 Å². The second kappa shape index (κ2) is 3.77. The van der Waals surface area contributed by atoms with Crippen LogP contribution >= 0.6 is 0 Å². The SMILES string of the molecule is Cc1cc([N+](=O)[O-])c(C)cc1B(O)O. The summed E-state index contributed by atoms with van der Waals surface area (Å²) in [6.07, 6.45) is 0. The van der Waals surface area contributed by atoms with Crippen LogP contribution in [0, 0.1) is 24.0 Å². The van der Waals surface area contributed by atoms with Crippen LogP contribution in [0.5, 0.6) is 0 Å². The first-order valence-corrected chi connectivity index (χ1v) is 4.05. The Bertz CT molecular complexity index is 378. The van der Waals surface area contributed by atoms with Gasteiger partial charge in [0.1, 0.15) is 0 Å². The van der Waals surface area contributed by atoms with E-state index in [0.29, 0.717) is 16.6 Å². The zero-order valence-corrected chi connectivity index (χ0v) is 7.89. The Kier molecular flexibility index (Phi) is 2.88. The molecule has 0 aliphatic carbocycles. The zero-order valence-electron chi connectivity index (χ0n) is 7.89. The Labute approximate surface area is 81.3 Å². The van der Waals surface area contributed by atoms with Gasteiger partial charge in [-0.2, -0.15) is 0 Å². The predicted octanol–water partition coefficient (Wildman–Crippen LogP) is -0.109. The molecule has 0 aliphatic heterocycles. The monoisotopic (exact) mass is 195 g/mol. The molecule has 0 heterocycles. The molecule has 1 rings (SSSR count). The van der Waals surface area contributed by atoms with Crippen molar-refractivity contribution in [1.82, 2.24) is 0 Å². The maximum Gasteiger partial charge on any atom is 0.488 e. The van der Waals surface area contributed by atoms with E-state index in [4.69, 9.17) is 10.0 Å². The summed E-state index contributed by atoms with van der Waals surface area (Å²) in [5.74, 6) is 0. The lowest BCUT2D eigenvalue weighted by molar-refractivity contribution is -0.385. The number of nitro benzene ring substituents is 1. The maximum absolute atomic E-state index is 10.5. The molecule has 1 aromatic carbocycles. The molecule has 6 heteroatoms. The Hall–Kier alpha value is -1.40. The molecule has 0 saturated heterocycles. The lowest BCUT2D eigenvalue weighted by Crippen LogP contribution is -2.32. The third-order valence-corrected chi connectivity index (χ3v) is 2.06. The van der Waals surface area contributed by atoms with E-state index >= 15 is 0 Å². The molecule has 0 aliphatic rings. The van der Waals surface area contributed by atoms with Gasteiger partial charge in [0.25, 0.3) is 5.69 Å². The summed E-state index contributed by atoms with van der Waals surface area (Å²) in [7, 11) is -1.59. The predicted molar refractivity (Wildman–Crippen MR) is 52.4 cm³/mol. The molecule has 1 aromatic rings. The van der Waals surface area contributed by atoms with Gasteiger partial charge in [-0.15, -0.1) is 0 Å². The standard InChI is InChI=1S/C8H10BNO4/c1-5-4-8(10(13)14)6(2)3-7(5)9(11)12/h3-4,11-12H,1-2H3. The summed E-state index contributed by atoms with van der Waals surface area (Å²) >= 11 is 0. The summed E-state index contributed by atoms with van der Waals surface area (Å²) in [5, 5.41) is 28.4. The van der Waals surface area contributed by atoms with E-state index < -0.39 is 12.0 Å². The van der Waals surface area contributed by atoms with E-state index in [9.17, 15) is 10.1 Å². The first kappa shape index (κ1) is 10.7. The van der Waals surface area contributed by atoms with Crippen molar-refractivity contribution in [3.63, 3.8) is 0 Å². The van der Waals surface area contributed by atoms with Gasteiger partial charge in [-0.1, -0.05) is 6.07 Å². The van der Waals surface area contributed by atoms with E-state index in [1.807, 2.05) is 0 Å². The van der Waals surface area contributed by atoms with Crippen molar-refractivity contribution < 1.29 is 15.0 Å². The Morgan fingerprint density at radius 2 is 1.86 bits per heavy atom. The van der Waals surface area contributed by atoms with Crippen LogP contribution in [-0.4, -0.2) is 22.1 Å². The van der Waals surface area contributed by atoms with Gasteiger partial charge in [0.05, 0.1) is 4.92 Å². The largest absolute Gasteiger partial charge is 0.488 e. The smallest absolute Gasteiger partial charge is 0.423 e. The molecule has 5 nitrogen and oxygen atoms in total. The van der Waals surface area contributed by atoms with Crippen LogP contribution in [0.25, 0.3) is 0 Å². The molecule has 0 fully saturated rings. The molecular formula is C8H10BNO4. The summed E-state index contributed by atoms with van der Waals surface area (Å²) in [6.45, 7) is 3.16. The molecule has 0 aromatic heterocycles. The number of nitro groups is 1. The molecule has 0 saturated carbocycles. The average Bonchev–Trinajstić information content (AvgIpc) is 2.07. The van der Waals surface area contributed by atoms with Crippen LogP contribution in [-0.2, 0) is 0 Å². The minimum Gasteiger partial charge on any atom is -0.423 e. The van der Waals surface area contributed by atoms with Crippen LogP contribution in [0.4, 0.5) is 5.69 Å². The first-order chi connectivity index (χ1) is 6.43. The molecule has 0 radical (unpaired) electrons. The number of hydrogen-bond acceptors (Lipinski definition) is 4. The highest BCUT2D eigenvalue weighted by Crippen LogP contribution is 2.17. The van der Waals surface area contributed by atoms with Crippen molar-refractivity contribution in [2.75, 3.05) is 0 Å². The number of hydrogen-bond donors (Lipinski definition) is 2. The van der Waals surface area contributed by atoms with E-state index in [0.717, 1.165) is 0 Å². The summed E-state index contributed by atoms with van der Waals surface area (Å²) < 4.78 is 0. The maximum atomic E-state index is 10.5. The van der Waals surface area contributed by atoms with Crippen molar-refractivity contribution in [3.05, 3.63) is 33.4 Å². The Balaban J connectivity index is 3.31. The minimum absolute atomic E-state index is 0.00750. The van der Waals surface area contributed by atoms with Gasteiger partial charge in [0.2, 0.25) is 0 Å². The molecule has 2 N–H and O–H groups in total. The van der Waals surface area contributed by atoms with Crippen LogP contribution in [0.2, 0.25) is 0 Å². The van der Waals surface area contributed by atoms with Gasteiger partial charge in [-0.25, -0.2) is 0 Å².